The smallest absolute Gasteiger partial charge is 0.274 e. The van der Waals surface area contributed by atoms with Crippen molar-refractivity contribution in [1.82, 2.24) is 19.6 Å². The fourth-order valence-corrected chi connectivity index (χ4v) is 6.19. The Bertz CT molecular complexity index is 1110. The van der Waals surface area contributed by atoms with Crippen molar-refractivity contribution < 1.29 is 14.3 Å². The number of piperidine rings is 1. The summed E-state index contributed by atoms with van der Waals surface area (Å²) in [6.45, 7) is 11.3. The van der Waals surface area contributed by atoms with Crippen molar-refractivity contribution in [1.29, 1.82) is 0 Å². The quantitative estimate of drug-likeness (QED) is 0.673. The van der Waals surface area contributed by atoms with Crippen LogP contribution < -0.4 is 0 Å². The van der Waals surface area contributed by atoms with Crippen LogP contribution in [0.25, 0.3) is 0 Å². The summed E-state index contributed by atoms with van der Waals surface area (Å²) in [5, 5.41) is 4.71. The van der Waals surface area contributed by atoms with Gasteiger partial charge in [-0.1, -0.05) is 18.2 Å². The summed E-state index contributed by atoms with van der Waals surface area (Å²) >= 11 is 0. The Morgan fingerprint density at radius 2 is 1.74 bits per heavy atom. The Morgan fingerprint density at radius 1 is 1.03 bits per heavy atom. The molecule has 188 valence electrons. The van der Waals surface area contributed by atoms with Crippen molar-refractivity contribution in [3.05, 3.63) is 51.8 Å². The van der Waals surface area contributed by atoms with Gasteiger partial charge in [-0.3, -0.25) is 14.3 Å². The van der Waals surface area contributed by atoms with E-state index in [0.29, 0.717) is 24.7 Å². The van der Waals surface area contributed by atoms with E-state index in [2.05, 4.69) is 32.0 Å². The number of aromatic nitrogens is 2. The second-order valence-electron chi connectivity index (χ2n) is 10.7. The molecule has 3 heterocycles. The molecule has 2 aliphatic heterocycles. The number of ether oxygens (including phenoxy) is 1. The number of aryl methyl sites for hydroxylation is 1. The minimum Gasteiger partial charge on any atom is -0.372 e. The average Bonchev–Trinajstić information content (AvgIpc) is 3.44. The van der Waals surface area contributed by atoms with Gasteiger partial charge < -0.3 is 14.5 Å². The van der Waals surface area contributed by atoms with Crippen molar-refractivity contribution in [2.45, 2.75) is 84.5 Å². The molecule has 1 aromatic heterocycles. The fourth-order valence-electron chi connectivity index (χ4n) is 6.19. The number of morpholine rings is 1. The molecule has 35 heavy (non-hydrogen) atoms. The number of fused-ring (bicyclic) bond motifs is 1. The minimum atomic E-state index is -0.0225. The first-order chi connectivity index (χ1) is 16.8. The summed E-state index contributed by atoms with van der Waals surface area (Å²) in [6, 6.07) is 6.55. The van der Waals surface area contributed by atoms with E-state index in [1.54, 1.807) is 0 Å². The van der Waals surface area contributed by atoms with Crippen LogP contribution in [0.3, 0.4) is 0 Å². The minimum absolute atomic E-state index is 0.0194. The molecule has 7 nitrogen and oxygen atoms in total. The number of carbonyl (C=O) groups is 2. The lowest BCUT2D eigenvalue weighted by atomic mass is 9.85. The zero-order valence-corrected chi connectivity index (χ0v) is 21.5. The van der Waals surface area contributed by atoms with Crippen LogP contribution in [0.1, 0.15) is 77.5 Å². The highest BCUT2D eigenvalue weighted by atomic mass is 16.5. The molecule has 2 atom stereocenters. The van der Waals surface area contributed by atoms with Crippen LogP contribution in [0.4, 0.5) is 0 Å². The summed E-state index contributed by atoms with van der Waals surface area (Å²) in [5.74, 6) is 0.593. The molecule has 5 rings (SSSR count). The molecule has 2 amide bonds. The molecule has 2 aromatic rings. The van der Waals surface area contributed by atoms with E-state index in [1.807, 2.05) is 28.3 Å². The van der Waals surface area contributed by atoms with Gasteiger partial charge in [-0.25, -0.2) is 0 Å². The van der Waals surface area contributed by atoms with Gasteiger partial charge in [-0.15, -0.1) is 0 Å². The molecule has 0 bridgehead atoms. The van der Waals surface area contributed by atoms with Crippen LogP contribution in [0.2, 0.25) is 0 Å². The molecular formula is C28H38N4O3. The zero-order valence-electron chi connectivity index (χ0n) is 21.5. The van der Waals surface area contributed by atoms with Gasteiger partial charge in [0.15, 0.2) is 5.69 Å². The number of benzene rings is 1. The molecule has 7 heteroatoms. The van der Waals surface area contributed by atoms with Crippen LogP contribution in [-0.4, -0.2) is 69.8 Å². The molecule has 0 saturated carbocycles. The molecule has 0 radical (unpaired) electrons. The summed E-state index contributed by atoms with van der Waals surface area (Å²) in [6.07, 6.45) is 4.78. The largest absolute Gasteiger partial charge is 0.372 e. The van der Waals surface area contributed by atoms with E-state index in [-0.39, 0.29) is 30.6 Å². The molecule has 0 spiro atoms. The Morgan fingerprint density at radius 3 is 2.46 bits per heavy atom. The fraction of sp³-hybridized carbons (Fsp3) is 0.607. The van der Waals surface area contributed by atoms with Crippen molar-refractivity contribution >= 4 is 11.8 Å². The third-order valence-corrected chi connectivity index (χ3v) is 8.14. The maximum atomic E-state index is 13.4. The summed E-state index contributed by atoms with van der Waals surface area (Å²) in [7, 11) is 0. The van der Waals surface area contributed by atoms with Crippen LogP contribution in [0.15, 0.2) is 18.2 Å². The normalized spacial score (nSPS) is 23.0. The average molecular weight is 479 g/mol. The lowest BCUT2D eigenvalue weighted by molar-refractivity contribution is -0.133. The maximum absolute atomic E-state index is 13.4. The second kappa shape index (κ2) is 9.76. The third kappa shape index (κ3) is 4.75. The van der Waals surface area contributed by atoms with Crippen molar-refractivity contribution in [3.8, 4) is 0 Å². The number of amides is 2. The predicted octanol–water partition coefficient (Wildman–Crippen LogP) is 3.64. The Kier molecular flexibility index (Phi) is 6.71. The Balaban J connectivity index is 1.26. The van der Waals surface area contributed by atoms with Gasteiger partial charge in [0, 0.05) is 37.4 Å². The number of likely N-dealkylation sites (tertiary alicyclic amines) is 1. The topological polar surface area (TPSA) is 67.7 Å². The number of carbonyl (C=O) groups excluding carboxylic acids is 2. The van der Waals surface area contributed by atoms with Gasteiger partial charge in [0.2, 0.25) is 5.91 Å². The van der Waals surface area contributed by atoms with E-state index in [1.165, 1.54) is 16.7 Å². The Hall–Kier alpha value is -2.67. The highest BCUT2D eigenvalue weighted by molar-refractivity contribution is 5.94. The SMILES string of the molecule is Cc1cccc(C2CCN(C(=O)Cn3nc(C(=O)N4C[C@@H](C)O[C@@H](C)C4)c4c3CCC4)CC2)c1C. The first kappa shape index (κ1) is 24.0. The first-order valence-electron chi connectivity index (χ1n) is 13.2. The van der Waals surface area contributed by atoms with Crippen LogP contribution in [0.5, 0.6) is 0 Å². The first-order valence-corrected chi connectivity index (χ1v) is 13.2. The number of hydrogen-bond acceptors (Lipinski definition) is 4. The summed E-state index contributed by atoms with van der Waals surface area (Å²) < 4.78 is 7.62. The van der Waals surface area contributed by atoms with E-state index in [9.17, 15) is 9.59 Å². The lowest BCUT2D eigenvalue weighted by Crippen LogP contribution is -2.48. The predicted molar refractivity (Wildman–Crippen MR) is 135 cm³/mol. The van der Waals surface area contributed by atoms with Crippen LogP contribution >= 0.6 is 0 Å². The van der Waals surface area contributed by atoms with Gasteiger partial charge >= 0.3 is 0 Å². The molecule has 1 aliphatic carbocycles. The van der Waals surface area contributed by atoms with Crippen LogP contribution in [-0.2, 0) is 28.9 Å². The van der Waals surface area contributed by atoms with Gasteiger partial charge in [0.1, 0.15) is 6.54 Å². The highest BCUT2D eigenvalue weighted by Crippen LogP contribution is 2.32. The van der Waals surface area contributed by atoms with E-state index < -0.39 is 0 Å². The molecule has 2 saturated heterocycles. The van der Waals surface area contributed by atoms with Gasteiger partial charge in [-0.05, 0) is 82.4 Å². The second-order valence-corrected chi connectivity index (χ2v) is 10.7. The van der Waals surface area contributed by atoms with Gasteiger partial charge in [-0.2, -0.15) is 5.10 Å². The van der Waals surface area contributed by atoms with Crippen molar-refractivity contribution in [2.24, 2.45) is 0 Å². The maximum Gasteiger partial charge on any atom is 0.274 e. The van der Waals surface area contributed by atoms with Gasteiger partial charge in [0.05, 0.1) is 12.2 Å². The molecule has 2 fully saturated rings. The molecule has 0 unspecified atom stereocenters. The summed E-state index contributed by atoms with van der Waals surface area (Å²) in [4.78, 5) is 30.5. The van der Waals surface area contributed by atoms with E-state index in [4.69, 9.17) is 9.84 Å². The molecule has 0 N–H and O–H groups in total. The standard InChI is InChI=1S/C28H38N4O3/c1-18-7-5-8-23(21(18)4)22-11-13-30(14-12-22)26(33)17-32-25-10-6-9-24(25)27(29-32)28(34)31-15-19(2)35-20(3)16-31/h5,7-8,19-20,22H,6,9-17H2,1-4H3/t19-,20+. The molecule has 3 aliphatic rings. The number of nitrogens with zero attached hydrogens (tertiary/aromatic N) is 4. The molecule has 1 aromatic carbocycles. The molecular weight excluding hydrogens is 440 g/mol. The third-order valence-electron chi connectivity index (χ3n) is 8.14. The Labute approximate surface area is 208 Å². The van der Waals surface area contributed by atoms with E-state index in [0.717, 1.165) is 56.5 Å². The van der Waals surface area contributed by atoms with E-state index >= 15 is 0 Å². The lowest BCUT2D eigenvalue weighted by Gasteiger charge is -2.35. The number of rotatable bonds is 4. The van der Waals surface area contributed by atoms with Crippen molar-refractivity contribution in [3.63, 3.8) is 0 Å². The van der Waals surface area contributed by atoms with Crippen molar-refractivity contribution in [2.75, 3.05) is 26.2 Å². The van der Waals surface area contributed by atoms with Crippen LogP contribution in [0, 0.1) is 13.8 Å². The monoisotopic (exact) mass is 478 g/mol. The summed E-state index contributed by atoms with van der Waals surface area (Å²) in [5.41, 5.74) is 6.80. The zero-order chi connectivity index (χ0) is 24.7. The highest BCUT2D eigenvalue weighted by Gasteiger charge is 2.33. The van der Waals surface area contributed by atoms with Gasteiger partial charge in [0.25, 0.3) is 5.91 Å². The number of hydrogen-bond donors (Lipinski definition) is 0.